The van der Waals surface area contributed by atoms with Gasteiger partial charge < -0.3 is 9.64 Å². The number of hydrogen-bond donors (Lipinski definition) is 1. The molecule has 25 heavy (non-hydrogen) atoms. The van der Waals surface area contributed by atoms with E-state index in [1.54, 1.807) is 22.4 Å². The van der Waals surface area contributed by atoms with E-state index >= 15 is 0 Å². The lowest BCUT2D eigenvalue weighted by Crippen LogP contribution is -2.31. The Balaban J connectivity index is 1.60. The molecule has 0 aliphatic carbocycles. The number of sulfonamides is 1. The number of carbonyl (C=O) groups excluding carboxylic acids is 1. The summed E-state index contributed by atoms with van der Waals surface area (Å²) in [6.07, 6.45) is 0.334. The highest BCUT2D eigenvalue weighted by atomic mass is 32.2. The van der Waals surface area contributed by atoms with Crippen molar-refractivity contribution < 1.29 is 17.9 Å². The van der Waals surface area contributed by atoms with Gasteiger partial charge in [0.25, 0.3) is 0 Å². The van der Waals surface area contributed by atoms with Gasteiger partial charge in [0.1, 0.15) is 9.96 Å². The molecule has 1 saturated heterocycles. The molecule has 134 valence electrons. The second-order valence-electron chi connectivity index (χ2n) is 5.79. The van der Waals surface area contributed by atoms with Crippen LogP contribution in [-0.4, -0.2) is 34.0 Å². The lowest BCUT2D eigenvalue weighted by atomic mass is 10.1. The fraction of sp³-hybridized carbons (Fsp3) is 0.353. The Hall–Kier alpha value is -1.90. The zero-order valence-corrected chi connectivity index (χ0v) is 15.5. The number of carbonyl (C=O) groups is 1. The summed E-state index contributed by atoms with van der Waals surface area (Å²) in [5.74, 6) is 0.719. The zero-order valence-electron chi connectivity index (χ0n) is 13.8. The summed E-state index contributed by atoms with van der Waals surface area (Å²) < 4.78 is 32.6. The van der Waals surface area contributed by atoms with Crippen LogP contribution in [0.1, 0.15) is 13.3 Å². The molecule has 1 N–H and O–H groups in total. The van der Waals surface area contributed by atoms with Gasteiger partial charge in [-0.15, -0.1) is 11.3 Å². The summed E-state index contributed by atoms with van der Waals surface area (Å²) in [7, 11) is -3.49. The molecule has 0 spiro atoms. The zero-order chi connectivity index (χ0) is 17.9. The number of thiophene rings is 1. The van der Waals surface area contributed by atoms with Crippen molar-refractivity contribution in [1.82, 2.24) is 4.72 Å². The van der Waals surface area contributed by atoms with Crippen LogP contribution in [0.2, 0.25) is 0 Å². The molecule has 6 nitrogen and oxygen atoms in total. The summed E-state index contributed by atoms with van der Waals surface area (Å²) in [6.45, 7) is 3.26. The van der Waals surface area contributed by atoms with E-state index < -0.39 is 10.0 Å². The molecule has 2 heterocycles. The average molecular weight is 380 g/mol. The molecule has 1 aliphatic heterocycles. The Morgan fingerprint density at radius 1 is 1.28 bits per heavy atom. The Kier molecular flexibility index (Phi) is 5.41. The molecule has 3 rings (SSSR count). The van der Waals surface area contributed by atoms with Crippen molar-refractivity contribution in [3.63, 3.8) is 0 Å². The number of amides is 1. The standard InChI is InChI=1S/C17H20N2O4S2/c1-2-23-15-7-5-14(6-8-15)19-12-13(10-16(19)20)11-18-25(21,22)17-4-3-9-24-17/h3-9,13,18H,2,10-12H2,1H3/t13-/m0/s1. The van der Waals surface area contributed by atoms with Gasteiger partial charge in [-0.05, 0) is 48.6 Å². The summed E-state index contributed by atoms with van der Waals surface area (Å²) in [6, 6.07) is 10.6. The van der Waals surface area contributed by atoms with Crippen LogP contribution in [0.4, 0.5) is 5.69 Å². The number of nitrogens with zero attached hydrogens (tertiary/aromatic N) is 1. The summed E-state index contributed by atoms with van der Waals surface area (Å²) >= 11 is 1.18. The first-order valence-corrected chi connectivity index (χ1v) is 10.4. The first kappa shape index (κ1) is 17.9. The van der Waals surface area contributed by atoms with Crippen molar-refractivity contribution in [1.29, 1.82) is 0 Å². The van der Waals surface area contributed by atoms with E-state index in [0.29, 0.717) is 23.8 Å². The van der Waals surface area contributed by atoms with Gasteiger partial charge in [0, 0.05) is 25.2 Å². The van der Waals surface area contributed by atoms with Gasteiger partial charge in [-0.25, -0.2) is 13.1 Å². The first-order valence-electron chi connectivity index (χ1n) is 8.06. The Morgan fingerprint density at radius 2 is 2.04 bits per heavy atom. The molecule has 1 aromatic carbocycles. The molecule has 0 unspecified atom stereocenters. The molecule has 1 fully saturated rings. The van der Waals surface area contributed by atoms with Crippen molar-refractivity contribution in [2.75, 3.05) is 24.6 Å². The van der Waals surface area contributed by atoms with Crippen LogP contribution in [0.15, 0.2) is 46.0 Å². The third-order valence-corrected chi connectivity index (χ3v) is 6.81. The van der Waals surface area contributed by atoms with E-state index in [2.05, 4.69) is 4.72 Å². The van der Waals surface area contributed by atoms with Crippen LogP contribution in [0.3, 0.4) is 0 Å². The maximum absolute atomic E-state index is 12.3. The second kappa shape index (κ2) is 7.55. The summed E-state index contributed by atoms with van der Waals surface area (Å²) in [4.78, 5) is 14.0. The van der Waals surface area contributed by atoms with E-state index in [0.717, 1.165) is 11.4 Å². The SMILES string of the molecule is CCOc1ccc(N2C[C@H](CNS(=O)(=O)c3cccs3)CC2=O)cc1. The highest BCUT2D eigenvalue weighted by molar-refractivity contribution is 7.91. The molecular formula is C17H20N2O4S2. The Bertz CT molecular complexity index is 817. The molecule has 0 radical (unpaired) electrons. The predicted molar refractivity (Wildman–Crippen MR) is 97.6 cm³/mol. The van der Waals surface area contributed by atoms with Gasteiger partial charge in [0.2, 0.25) is 15.9 Å². The fourth-order valence-corrected chi connectivity index (χ4v) is 4.93. The van der Waals surface area contributed by atoms with Gasteiger partial charge >= 0.3 is 0 Å². The summed E-state index contributed by atoms with van der Waals surface area (Å²) in [5, 5.41) is 1.72. The van der Waals surface area contributed by atoms with Crippen molar-refractivity contribution in [3.05, 3.63) is 41.8 Å². The molecule has 1 aliphatic rings. The number of hydrogen-bond acceptors (Lipinski definition) is 5. The Labute approximate surface area is 151 Å². The van der Waals surface area contributed by atoms with Crippen LogP contribution >= 0.6 is 11.3 Å². The molecule has 1 atom stereocenters. The molecule has 0 bridgehead atoms. The quantitative estimate of drug-likeness (QED) is 0.801. The highest BCUT2D eigenvalue weighted by Crippen LogP contribution is 2.27. The normalized spacial score (nSPS) is 17.9. The Morgan fingerprint density at radius 3 is 2.68 bits per heavy atom. The van der Waals surface area contributed by atoms with Gasteiger partial charge in [0.15, 0.2) is 0 Å². The minimum Gasteiger partial charge on any atom is -0.494 e. The van der Waals surface area contributed by atoms with Crippen molar-refractivity contribution in [3.8, 4) is 5.75 Å². The number of anilines is 1. The maximum Gasteiger partial charge on any atom is 0.250 e. The fourth-order valence-electron chi connectivity index (χ4n) is 2.77. The van der Waals surface area contributed by atoms with E-state index in [1.807, 2.05) is 31.2 Å². The number of ether oxygens (including phenoxy) is 1. The van der Waals surface area contributed by atoms with E-state index in [9.17, 15) is 13.2 Å². The largest absolute Gasteiger partial charge is 0.494 e. The molecule has 8 heteroatoms. The van der Waals surface area contributed by atoms with Crippen LogP contribution in [0.5, 0.6) is 5.75 Å². The van der Waals surface area contributed by atoms with Crippen molar-refractivity contribution >= 4 is 33.0 Å². The van der Waals surface area contributed by atoms with E-state index in [1.165, 1.54) is 11.3 Å². The molecule has 1 aromatic heterocycles. The first-order chi connectivity index (χ1) is 12.0. The van der Waals surface area contributed by atoms with Crippen molar-refractivity contribution in [2.45, 2.75) is 17.6 Å². The smallest absolute Gasteiger partial charge is 0.250 e. The van der Waals surface area contributed by atoms with Crippen LogP contribution in [0, 0.1) is 5.92 Å². The van der Waals surface area contributed by atoms with Crippen LogP contribution in [0.25, 0.3) is 0 Å². The minimum atomic E-state index is -3.49. The average Bonchev–Trinajstić information content (AvgIpc) is 3.24. The van der Waals surface area contributed by atoms with Gasteiger partial charge in [0.05, 0.1) is 6.61 Å². The second-order valence-corrected chi connectivity index (χ2v) is 8.73. The van der Waals surface area contributed by atoms with Gasteiger partial charge in [-0.2, -0.15) is 0 Å². The van der Waals surface area contributed by atoms with E-state index in [-0.39, 0.29) is 18.4 Å². The molecule has 1 amide bonds. The topological polar surface area (TPSA) is 75.7 Å². The molecular weight excluding hydrogens is 360 g/mol. The van der Waals surface area contributed by atoms with Crippen LogP contribution < -0.4 is 14.4 Å². The third kappa shape index (κ3) is 4.20. The van der Waals surface area contributed by atoms with Crippen molar-refractivity contribution in [2.24, 2.45) is 5.92 Å². The molecule has 0 saturated carbocycles. The maximum atomic E-state index is 12.3. The molecule has 2 aromatic rings. The predicted octanol–water partition coefficient (Wildman–Crippen LogP) is 2.48. The monoisotopic (exact) mass is 380 g/mol. The number of benzene rings is 1. The third-order valence-electron chi connectivity index (χ3n) is 3.99. The van der Waals surface area contributed by atoms with E-state index in [4.69, 9.17) is 4.74 Å². The van der Waals surface area contributed by atoms with Gasteiger partial charge in [-0.1, -0.05) is 6.07 Å². The summed E-state index contributed by atoms with van der Waals surface area (Å²) in [5.41, 5.74) is 0.803. The van der Waals surface area contributed by atoms with Gasteiger partial charge in [-0.3, -0.25) is 4.79 Å². The number of rotatable bonds is 7. The lowest BCUT2D eigenvalue weighted by Gasteiger charge is -2.17. The lowest BCUT2D eigenvalue weighted by molar-refractivity contribution is -0.117. The highest BCUT2D eigenvalue weighted by Gasteiger charge is 2.31. The van der Waals surface area contributed by atoms with Crippen LogP contribution in [-0.2, 0) is 14.8 Å². The minimum absolute atomic E-state index is 0.00415. The number of nitrogens with one attached hydrogen (secondary N) is 1.